The quantitative estimate of drug-likeness (QED) is 0.791. The van der Waals surface area contributed by atoms with Crippen LogP contribution in [-0.2, 0) is 4.74 Å². The van der Waals surface area contributed by atoms with Gasteiger partial charge in [-0.1, -0.05) is 6.92 Å². The number of nitrogens with one attached hydrogen (secondary N) is 1. The smallest absolute Gasteiger partial charge is 0.0810 e. The van der Waals surface area contributed by atoms with Gasteiger partial charge in [-0.2, -0.15) is 0 Å². The zero-order chi connectivity index (χ0) is 11.4. The van der Waals surface area contributed by atoms with Crippen molar-refractivity contribution in [3.63, 3.8) is 0 Å². The number of ether oxygens (including phenoxy) is 1. The molecule has 1 aromatic rings. The monoisotopic (exact) mass is 221 g/mol. The lowest BCUT2D eigenvalue weighted by molar-refractivity contribution is 0.0498. The summed E-state index contributed by atoms with van der Waals surface area (Å²) in [6, 6.07) is 0.163. The molecule has 2 rings (SSSR count). The van der Waals surface area contributed by atoms with Gasteiger partial charge in [0.1, 0.15) is 0 Å². The Bertz CT molecular complexity index is 313. The number of likely N-dealkylation sites (N-methyl/N-ethyl adjacent to an activating group) is 1. The average molecular weight is 221 g/mol. The first kappa shape index (κ1) is 11.5. The van der Waals surface area contributed by atoms with Crippen LogP contribution in [0.3, 0.4) is 0 Å². The number of methoxy groups -OCH3 is 1. The van der Waals surface area contributed by atoms with E-state index in [1.807, 2.05) is 6.20 Å². The molecule has 2 unspecified atom stereocenters. The summed E-state index contributed by atoms with van der Waals surface area (Å²) in [6.45, 7) is 3.01. The van der Waals surface area contributed by atoms with Crippen molar-refractivity contribution in [3.05, 3.63) is 24.3 Å². The highest BCUT2D eigenvalue weighted by molar-refractivity contribution is 5.07. The van der Waals surface area contributed by atoms with Gasteiger partial charge in [-0.05, 0) is 25.3 Å². The molecule has 4 heteroatoms. The van der Waals surface area contributed by atoms with Gasteiger partial charge in [0.25, 0.3) is 0 Å². The van der Waals surface area contributed by atoms with E-state index in [1.54, 1.807) is 19.5 Å². The number of nitrogens with zero attached hydrogens (tertiary/aromatic N) is 2. The Labute approximate surface area is 96.4 Å². The predicted molar refractivity (Wildman–Crippen MR) is 62.0 cm³/mol. The van der Waals surface area contributed by atoms with Gasteiger partial charge in [0.15, 0.2) is 0 Å². The highest BCUT2D eigenvalue weighted by atomic mass is 16.5. The molecule has 0 saturated heterocycles. The molecule has 1 fully saturated rings. The summed E-state index contributed by atoms with van der Waals surface area (Å²) in [5.74, 6) is 0.677. The Morgan fingerprint density at radius 1 is 1.50 bits per heavy atom. The average Bonchev–Trinajstić information content (AvgIpc) is 3.15. The van der Waals surface area contributed by atoms with Crippen molar-refractivity contribution in [2.75, 3.05) is 13.7 Å². The molecule has 0 bridgehead atoms. The van der Waals surface area contributed by atoms with E-state index in [9.17, 15) is 0 Å². The Morgan fingerprint density at radius 2 is 2.31 bits per heavy atom. The maximum Gasteiger partial charge on any atom is 0.0810 e. The second-order valence-electron chi connectivity index (χ2n) is 4.20. The van der Waals surface area contributed by atoms with Crippen molar-refractivity contribution >= 4 is 0 Å². The van der Waals surface area contributed by atoms with Gasteiger partial charge in [-0.15, -0.1) is 0 Å². The lowest BCUT2D eigenvalue weighted by atomic mass is 10.0. The van der Waals surface area contributed by atoms with Gasteiger partial charge in [0.2, 0.25) is 0 Å². The highest BCUT2D eigenvalue weighted by Gasteiger charge is 2.37. The van der Waals surface area contributed by atoms with E-state index in [2.05, 4.69) is 22.2 Å². The van der Waals surface area contributed by atoms with Crippen LogP contribution in [0.2, 0.25) is 0 Å². The first-order valence-corrected chi connectivity index (χ1v) is 5.89. The first-order chi connectivity index (χ1) is 7.86. The van der Waals surface area contributed by atoms with Crippen molar-refractivity contribution in [2.24, 2.45) is 5.92 Å². The van der Waals surface area contributed by atoms with Gasteiger partial charge >= 0.3 is 0 Å². The third-order valence-electron chi connectivity index (χ3n) is 3.01. The third-order valence-corrected chi connectivity index (χ3v) is 3.01. The zero-order valence-corrected chi connectivity index (χ0v) is 9.89. The van der Waals surface area contributed by atoms with E-state index in [1.165, 1.54) is 12.8 Å². The molecule has 4 nitrogen and oxygen atoms in total. The second-order valence-corrected chi connectivity index (χ2v) is 4.20. The summed E-state index contributed by atoms with van der Waals surface area (Å²) < 4.78 is 5.61. The van der Waals surface area contributed by atoms with Gasteiger partial charge < -0.3 is 10.1 Å². The molecular weight excluding hydrogens is 202 g/mol. The van der Waals surface area contributed by atoms with Gasteiger partial charge in [-0.25, -0.2) is 0 Å². The van der Waals surface area contributed by atoms with Crippen molar-refractivity contribution in [2.45, 2.75) is 31.9 Å². The van der Waals surface area contributed by atoms with Crippen LogP contribution < -0.4 is 5.32 Å². The number of hydrogen-bond donors (Lipinski definition) is 1. The molecular formula is C12H19N3O. The van der Waals surface area contributed by atoms with Crippen LogP contribution in [0.4, 0.5) is 0 Å². The van der Waals surface area contributed by atoms with E-state index >= 15 is 0 Å². The maximum absolute atomic E-state index is 5.61. The minimum Gasteiger partial charge on any atom is -0.379 e. The minimum atomic E-state index is 0.163. The normalized spacial score (nSPS) is 19.4. The first-order valence-electron chi connectivity index (χ1n) is 5.89. The maximum atomic E-state index is 5.61. The van der Waals surface area contributed by atoms with Crippen molar-refractivity contribution in [1.82, 2.24) is 15.3 Å². The molecule has 0 aromatic carbocycles. The third kappa shape index (κ3) is 2.57. The largest absolute Gasteiger partial charge is 0.379 e. The molecule has 1 aromatic heterocycles. The fourth-order valence-corrected chi connectivity index (χ4v) is 2.11. The van der Waals surface area contributed by atoms with E-state index in [4.69, 9.17) is 4.74 Å². The fourth-order valence-electron chi connectivity index (χ4n) is 2.11. The predicted octanol–water partition coefficient (Wildman–Crippen LogP) is 1.55. The molecule has 2 atom stereocenters. The molecule has 0 spiro atoms. The van der Waals surface area contributed by atoms with Crippen LogP contribution in [0, 0.1) is 5.92 Å². The van der Waals surface area contributed by atoms with Gasteiger partial charge in [0, 0.05) is 19.5 Å². The standard InChI is InChI=1S/C12H19N3O/c1-3-14-11(10-8-13-6-7-15-10)12(16-2)9-4-5-9/h6-9,11-12,14H,3-5H2,1-2H3. The van der Waals surface area contributed by atoms with E-state index in [0.717, 1.165) is 12.2 Å². The van der Waals surface area contributed by atoms with Crippen LogP contribution in [0.25, 0.3) is 0 Å². The molecule has 0 aliphatic heterocycles. The van der Waals surface area contributed by atoms with Crippen molar-refractivity contribution < 1.29 is 4.74 Å². The van der Waals surface area contributed by atoms with E-state index in [0.29, 0.717) is 5.92 Å². The molecule has 0 amide bonds. The van der Waals surface area contributed by atoms with Crippen molar-refractivity contribution in [1.29, 1.82) is 0 Å². The lowest BCUT2D eigenvalue weighted by Crippen LogP contribution is -2.35. The number of rotatable bonds is 6. The molecule has 1 heterocycles. The molecule has 1 aliphatic rings. The number of hydrogen-bond acceptors (Lipinski definition) is 4. The number of aromatic nitrogens is 2. The summed E-state index contributed by atoms with van der Waals surface area (Å²) in [5, 5.41) is 3.44. The van der Waals surface area contributed by atoms with Crippen LogP contribution in [-0.4, -0.2) is 29.7 Å². The van der Waals surface area contributed by atoms with E-state index < -0.39 is 0 Å². The molecule has 16 heavy (non-hydrogen) atoms. The van der Waals surface area contributed by atoms with Gasteiger partial charge in [0.05, 0.1) is 24.0 Å². The molecule has 1 N–H and O–H groups in total. The van der Waals surface area contributed by atoms with E-state index in [-0.39, 0.29) is 12.1 Å². The summed E-state index contributed by atoms with van der Waals surface area (Å²) in [7, 11) is 1.78. The molecule has 1 aliphatic carbocycles. The molecule has 1 saturated carbocycles. The Morgan fingerprint density at radius 3 is 2.81 bits per heavy atom. The van der Waals surface area contributed by atoms with Crippen LogP contribution in [0.5, 0.6) is 0 Å². The van der Waals surface area contributed by atoms with Gasteiger partial charge in [-0.3, -0.25) is 9.97 Å². The highest BCUT2D eigenvalue weighted by Crippen LogP contribution is 2.39. The summed E-state index contributed by atoms with van der Waals surface area (Å²) in [4.78, 5) is 8.50. The summed E-state index contributed by atoms with van der Waals surface area (Å²) >= 11 is 0. The summed E-state index contributed by atoms with van der Waals surface area (Å²) in [6.07, 6.45) is 8.00. The Balaban J connectivity index is 2.15. The van der Waals surface area contributed by atoms with Crippen LogP contribution in [0.15, 0.2) is 18.6 Å². The topological polar surface area (TPSA) is 47.0 Å². The Kier molecular flexibility index (Phi) is 3.85. The minimum absolute atomic E-state index is 0.163. The second kappa shape index (κ2) is 5.37. The van der Waals surface area contributed by atoms with Crippen molar-refractivity contribution in [3.8, 4) is 0 Å². The molecule has 0 radical (unpaired) electrons. The zero-order valence-electron chi connectivity index (χ0n) is 9.89. The van der Waals surface area contributed by atoms with Crippen LogP contribution in [0.1, 0.15) is 31.5 Å². The summed E-state index contributed by atoms with van der Waals surface area (Å²) in [5.41, 5.74) is 0.975. The van der Waals surface area contributed by atoms with Crippen LogP contribution >= 0.6 is 0 Å². The Hall–Kier alpha value is -1.00. The molecule has 88 valence electrons. The lowest BCUT2D eigenvalue weighted by Gasteiger charge is -2.26. The fraction of sp³-hybridized carbons (Fsp3) is 0.667. The SMILES string of the molecule is CCNC(c1cnccn1)C(OC)C1CC1.